The Balaban J connectivity index is 1.33. The largest absolute Gasteiger partial charge is 0.467 e. The van der Waals surface area contributed by atoms with E-state index in [1.165, 1.54) is 0 Å². The van der Waals surface area contributed by atoms with Crippen LogP contribution in [0.5, 0.6) is 0 Å². The number of nitrogens with one attached hydrogen (secondary N) is 1. The number of hydrogen-bond donors (Lipinski definition) is 1. The highest BCUT2D eigenvalue weighted by molar-refractivity contribution is 6.06. The summed E-state index contributed by atoms with van der Waals surface area (Å²) in [6.07, 6.45) is 5.16. The molecule has 0 saturated carbocycles. The number of para-hydroxylation sites is 2. The number of benzene rings is 2. The van der Waals surface area contributed by atoms with E-state index < -0.39 is 0 Å². The van der Waals surface area contributed by atoms with Crippen molar-refractivity contribution in [2.75, 3.05) is 6.54 Å². The normalized spacial score (nSPS) is 15.7. The first kappa shape index (κ1) is 21.6. The van der Waals surface area contributed by atoms with E-state index in [1.54, 1.807) is 17.1 Å². The molecule has 182 valence electrons. The predicted octanol–water partition coefficient (Wildman–Crippen LogP) is 5.59. The van der Waals surface area contributed by atoms with Crippen LogP contribution in [0.25, 0.3) is 33.3 Å². The van der Waals surface area contributed by atoms with Crippen LogP contribution < -0.4 is 0 Å². The van der Waals surface area contributed by atoms with Gasteiger partial charge in [0.1, 0.15) is 18.1 Å². The second-order valence-electron chi connectivity index (χ2n) is 9.34. The standard InChI is InChI=1S/C29H24N6O2/c36-29(34-14-6-13-26(34)27-31-23-11-4-5-12-24(23)32-27)21-16-25(19-8-2-1-3-9-19)33-28-22(21)17-30-35(28)18-20-10-7-15-37-20/h1-5,7-12,15-17,26H,6,13-14,18H2,(H,31,32). The van der Waals surface area contributed by atoms with Gasteiger partial charge in [-0.25, -0.2) is 14.6 Å². The Morgan fingerprint density at radius 2 is 1.89 bits per heavy atom. The zero-order valence-electron chi connectivity index (χ0n) is 20.0. The summed E-state index contributed by atoms with van der Waals surface area (Å²) in [7, 11) is 0. The van der Waals surface area contributed by atoms with Gasteiger partial charge >= 0.3 is 0 Å². The first-order valence-electron chi connectivity index (χ1n) is 12.4. The molecule has 1 N–H and O–H groups in total. The van der Waals surface area contributed by atoms with Crippen molar-refractivity contribution in [1.29, 1.82) is 0 Å². The van der Waals surface area contributed by atoms with Crippen molar-refractivity contribution in [3.8, 4) is 11.3 Å². The molecular formula is C29H24N6O2. The summed E-state index contributed by atoms with van der Waals surface area (Å²) >= 11 is 0. The zero-order chi connectivity index (χ0) is 24.8. The third-order valence-electron chi connectivity index (χ3n) is 7.03. The van der Waals surface area contributed by atoms with E-state index in [0.717, 1.165) is 52.1 Å². The van der Waals surface area contributed by atoms with E-state index in [4.69, 9.17) is 14.4 Å². The van der Waals surface area contributed by atoms with Crippen molar-refractivity contribution in [2.24, 2.45) is 0 Å². The molecule has 2 aromatic carbocycles. The smallest absolute Gasteiger partial charge is 0.255 e. The summed E-state index contributed by atoms with van der Waals surface area (Å²) in [5, 5.41) is 5.31. The molecule has 0 spiro atoms. The van der Waals surface area contributed by atoms with Gasteiger partial charge in [-0.3, -0.25) is 4.79 Å². The minimum Gasteiger partial charge on any atom is -0.467 e. The molecule has 8 nitrogen and oxygen atoms in total. The summed E-state index contributed by atoms with van der Waals surface area (Å²) in [6.45, 7) is 1.10. The van der Waals surface area contributed by atoms with Gasteiger partial charge in [-0.15, -0.1) is 0 Å². The third kappa shape index (κ3) is 3.78. The van der Waals surface area contributed by atoms with Crippen LogP contribution in [0.2, 0.25) is 0 Å². The van der Waals surface area contributed by atoms with Crippen molar-refractivity contribution in [2.45, 2.75) is 25.4 Å². The van der Waals surface area contributed by atoms with Gasteiger partial charge in [-0.2, -0.15) is 5.10 Å². The Morgan fingerprint density at radius 1 is 1.03 bits per heavy atom. The van der Waals surface area contributed by atoms with Crippen molar-refractivity contribution in [3.05, 3.63) is 102 Å². The number of imidazole rings is 1. The van der Waals surface area contributed by atoms with Gasteiger partial charge in [0.25, 0.3) is 5.91 Å². The molecule has 0 bridgehead atoms. The number of H-pyrrole nitrogens is 1. The third-order valence-corrected chi connectivity index (χ3v) is 7.03. The van der Waals surface area contributed by atoms with E-state index in [0.29, 0.717) is 24.3 Å². The molecule has 1 aliphatic rings. The second-order valence-corrected chi connectivity index (χ2v) is 9.34. The number of aromatic amines is 1. The summed E-state index contributed by atoms with van der Waals surface area (Å²) < 4.78 is 7.33. The zero-order valence-corrected chi connectivity index (χ0v) is 20.0. The Labute approximate surface area is 212 Å². The number of amides is 1. The monoisotopic (exact) mass is 488 g/mol. The van der Waals surface area contributed by atoms with Gasteiger partial charge in [-0.1, -0.05) is 42.5 Å². The van der Waals surface area contributed by atoms with Crippen molar-refractivity contribution in [3.63, 3.8) is 0 Å². The minimum absolute atomic E-state index is 0.0370. The minimum atomic E-state index is -0.110. The number of hydrogen-bond acceptors (Lipinski definition) is 5. The number of furan rings is 1. The van der Waals surface area contributed by atoms with Gasteiger partial charge in [0.2, 0.25) is 0 Å². The Hall–Kier alpha value is -4.72. The van der Waals surface area contributed by atoms with Crippen LogP contribution in [-0.4, -0.2) is 42.1 Å². The topological polar surface area (TPSA) is 92.8 Å². The van der Waals surface area contributed by atoms with E-state index in [1.807, 2.05) is 77.7 Å². The number of aromatic nitrogens is 5. The van der Waals surface area contributed by atoms with Gasteiger partial charge in [-0.05, 0) is 43.2 Å². The molecule has 8 heteroatoms. The first-order chi connectivity index (χ1) is 18.2. The molecule has 1 saturated heterocycles. The highest BCUT2D eigenvalue weighted by Crippen LogP contribution is 2.35. The fourth-order valence-electron chi connectivity index (χ4n) is 5.23. The quantitative estimate of drug-likeness (QED) is 0.341. The molecule has 37 heavy (non-hydrogen) atoms. The molecule has 5 heterocycles. The molecule has 6 aromatic rings. The number of nitrogens with zero attached hydrogens (tertiary/aromatic N) is 5. The summed E-state index contributed by atoms with van der Waals surface area (Å²) in [5.74, 6) is 1.56. The first-order valence-corrected chi connectivity index (χ1v) is 12.4. The number of likely N-dealkylation sites (tertiary alicyclic amines) is 1. The second kappa shape index (κ2) is 8.74. The molecule has 7 rings (SSSR count). The molecule has 1 unspecified atom stereocenters. The lowest BCUT2D eigenvalue weighted by molar-refractivity contribution is 0.0732. The molecule has 1 atom stereocenters. The molecule has 0 radical (unpaired) electrons. The number of fused-ring (bicyclic) bond motifs is 2. The van der Waals surface area contributed by atoms with Crippen LogP contribution in [0.3, 0.4) is 0 Å². The Kier molecular flexibility index (Phi) is 5.09. The highest BCUT2D eigenvalue weighted by atomic mass is 16.3. The van der Waals surface area contributed by atoms with E-state index in [9.17, 15) is 4.79 Å². The predicted molar refractivity (Wildman–Crippen MR) is 140 cm³/mol. The van der Waals surface area contributed by atoms with Crippen LogP contribution in [0.1, 0.15) is 40.8 Å². The van der Waals surface area contributed by atoms with Crippen LogP contribution in [-0.2, 0) is 6.54 Å². The molecule has 1 fully saturated rings. The Bertz CT molecular complexity index is 1680. The Morgan fingerprint density at radius 3 is 2.73 bits per heavy atom. The lowest BCUT2D eigenvalue weighted by Crippen LogP contribution is -2.31. The molecule has 1 aliphatic heterocycles. The van der Waals surface area contributed by atoms with E-state index >= 15 is 0 Å². The van der Waals surface area contributed by atoms with Crippen LogP contribution in [0.4, 0.5) is 0 Å². The highest BCUT2D eigenvalue weighted by Gasteiger charge is 2.34. The number of carbonyl (C=O) groups is 1. The van der Waals surface area contributed by atoms with Crippen LogP contribution in [0, 0.1) is 0 Å². The molecule has 0 aliphatic carbocycles. The maximum atomic E-state index is 14.2. The van der Waals surface area contributed by atoms with Gasteiger partial charge in [0, 0.05) is 12.1 Å². The summed E-state index contributed by atoms with van der Waals surface area (Å²) in [5.41, 5.74) is 4.82. The van der Waals surface area contributed by atoms with Crippen molar-refractivity contribution < 1.29 is 9.21 Å². The number of rotatable bonds is 5. The SMILES string of the molecule is O=C(c1cc(-c2ccccc2)nc2c1cnn2Cc1ccco1)N1CCCC1c1nc2ccccc2[nH]1. The number of carbonyl (C=O) groups excluding carboxylic acids is 1. The lowest BCUT2D eigenvalue weighted by Gasteiger charge is -2.24. The van der Waals surface area contributed by atoms with E-state index in [-0.39, 0.29) is 11.9 Å². The van der Waals surface area contributed by atoms with Gasteiger partial charge < -0.3 is 14.3 Å². The summed E-state index contributed by atoms with van der Waals surface area (Å²) in [4.78, 5) is 29.3. The molecule has 4 aromatic heterocycles. The number of pyridine rings is 1. The average molecular weight is 489 g/mol. The lowest BCUT2D eigenvalue weighted by atomic mass is 10.1. The fraction of sp³-hybridized carbons (Fsp3) is 0.172. The molecule has 1 amide bonds. The van der Waals surface area contributed by atoms with Crippen LogP contribution >= 0.6 is 0 Å². The fourth-order valence-corrected chi connectivity index (χ4v) is 5.23. The molecular weight excluding hydrogens is 464 g/mol. The van der Waals surface area contributed by atoms with Gasteiger partial charge in [0.05, 0.1) is 46.2 Å². The average Bonchev–Trinajstić information content (AvgIpc) is 3.75. The van der Waals surface area contributed by atoms with Crippen molar-refractivity contribution >= 4 is 28.0 Å². The van der Waals surface area contributed by atoms with Gasteiger partial charge in [0.15, 0.2) is 5.65 Å². The van der Waals surface area contributed by atoms with Crippen molar-refractivity contribution in [1.82, 2.24) is 29.6 Å². The maximum Gasteiger partial charge on any atom is 0.255 e. The van der Waals surface area contributed by atoms with E-state index in [2.05, 4.69) is 10.1 Å². The van der Waals surface area contributed by atoms with Crippen LogP contribution in [0.15, 0.2) is 89.7 Å². The summed E-state index contributed by atoms with van der Waals surface area (Å²) in [6, 6.07) is 23.4. The maximum absolute atomic E-state index is 14.2.